The third kappa shape index (κ3) is 2.68. The van der Waals surface area contributed by atoms with Crippen LogP contribution in [0.2, 0.25) is 0 Å². The highest BCUT2D eigenvalue weighted by atomic mass is 15.2. The fourth-order valence-electron chi connectivity index (χ4n) is 2.20. The standard InChI is InChI=1S/C11H22N2/c1-9(2)12-7-10-5-6-13(8-10)11-3-4-11/h9-12H,3-8H2,1-2H3. The minimum absolute atomic E-state index is 0.648. The summed E-state index contributed by atoms with van der Waals surface area (Å²) in [7, 11) is 0. The van der Waals surface area contributed by atoms with Crippen LogP contribution in [-0.2, 0) is 0 Å². The Balaban J connectivity index is 1.65. The van der Waals surface area contributed by atoms with Crippen LogP contribution >= 0.6 is 0 Å². The summed E-state index contributed by atoms with van der Waals surface area (Å²) in [5.74, 6) is 0.919. The molecule has 76 valence electrons. The van der Waals surface area contributed by atoms with Crippen LogP contribution < -0.4 is 5.32 Å². The Morgan fingerprint density at radius 2 is 2.08 bits per heavy atom. The molecule has 1 atom stereocenters. The normalized spacial score (nSPS) is 30.2. The van der Waals surface area contributed by atoms with Crippen molar-refractivity contribution in [1.29, 1.82) is 0 Å². The summed E-state index contributed by atoms with van der Waals surface area (Å²) < 4.78 is 0. The Bertz CT molecular complexity index is 163. The van der Waals surface area contributed by atoms with Crippen LogP contribution in [0.3, 0.4) is 0 Å². The summed E-state index contributed by atoms with van der Waals surface area (Å²) in [5, 5.41) is 3.54. The maximum absolute atomic E-state index is 3.54. The molecule has 1 saturated carbocycles. The fourth-order valence-corrected chi connectivity index (χ4v) is 2.20. The third-order valence-corrected chi connectivity index (χ3v) is 3.20. The second-order valence-electron chi connectivity index (χ2n) is 4.94. The lowest BCUT2D eigenvalue weighted by atomic mass is 10.1. The lowest BCUT2D eigenvalue weighted by Gasteiger charge is -2.16. The molecule has 1 aliphatic carbocycles. The van der Waals surface area contributed by atoms with Crippen LogP contribution in [0.5, 0.6) is 0 Å². The molecular formula is C11H22N2. The summed E-state index contributed by atoms with van der Waals surface area (Å²) in [6.07, 6.45) is 4.34. The zero-order valence-corrected chi connectivity index (χ0v) is 8.92. The van der Waals surface area contributed by atoms with Crippen molar-refractivity contribution in [2.75, 3.05) is 19.6 Å². The SMILES string of the molecule is CC(C)NCC1CCN(C2CC2)C1. The molecule has 2 fully saturated rings. The van der Waals surface area contributed by atoms with E-state index in [9.17, 15) is 0 Å². The zero-order valence-electron chi connectivity index (χ0n) is 8.92. The second kappa shape index (κ2) is 3.97. The molecule has 2 aliphatic rings. The van der Waals surface area contributed by atoms with Crippen LogP contribution in [0.15, 0.2) is 0 Å². The number of rotatable bonds is 4. The maximum atomic E-state index is 3.54. The van der Waals surface area contributed by atoms with E-state index in [4.69, 9.17) is 0 Å². The third-order valence-electron chi connectivity index (χ3n) is 3.20. The highest BCUT2D eigenvalue weighted by Crippen LogP contribution is 2.31. The van der Waals surface area contributed by atoms with Crippen molar-refractivity contribution in [2.45, 2.75) is 45.2 Å². The smallest absolute Gasteiger partial charge is 0.00965 e. The Morgan fingerprint density at radius 1 is 1.31 bits per heavy atom. The molecule has 1 aliphatic heterocycles. The van der Waals surface area contributed by atoms with E-state index in [-0.39, 0.29) is 0 Å². The Labute approximate surface area is 81.7 Å². The molecule has 0 bridgehead atoms. The van der Waals surface area contributed by atoms with E-state index in [2.05, 4.69) is 24.1 Å². The number of nitrogens with zero attached hydrogens (tertiary/aromatic N) is 1. The molecule has 2 heteroatoms. The first-order valence-corrected chi connectivity index (χ1v) is 5.73. The maximum Gasteiger partial charge on any atom is 0.00965 e. The minimum atomic E-state index is 0.648. The molecule has 1 unspecified atom stereocenters. The molecule has 2 nitrogen and oxygen atoms in total. The molecule has 0 radical (unpaired) electrons. The van der Waals surface area contributed by atoms with E-state index in [0.29, 0.717) is 6.04 Å². The van der Waals surface area contributed by atoms with Gasteiger partial charge in [0.15, 0.2) is 0 Å². The van der Waals surface area contributed by atoms with Crippen LogP contribution in [0.25, 0.3) is 0 Å². The van der Waals surface area contributed by atoms with Gasteiger partial charge < -0.3 is 10.2 Å². The first-order chi connectivity index (χ1) is 6.25. The summed E-state index contributed by atoms with van der Waals surface area (Å²) in [6, 6.07) is 1.62. The first kappa shape index (κ1) is 9.47. The average Bonchev–Trinajstić information content (AvgIpc) is 2.83. The Hall–Kier alpha value is -0.0800. The molecule has 0 aromatic carbocycles. The Kier molecular flexibility index (Phi) is 2.89. The molecule has 0 aromatic heterocycles. The van der Waals surface area contributed by atoms with Gasteiger partial charge in [0.1, 0.15) is 0 Å². The van der Waals surface area contributed by atoms with Gasteiger partial charge in [-0.25, -0.2) is 0 Å². The van der Waals surface area contributed by atoms with Crippen molar-refractivity contribution < 1.29 is 0 Å². The Morgan fingerprint density at radius 3 is 2.69 bits per heavy atom. The van der Waals surface area contributed by atoms with Crippen molar-refractivity contribution in [3.05, 3.63) is 0 Å². The van der Waals surface area contributed by atoms with Crippen LogP contribution in [0.4, 0.5) is 0 Å². The second-order valence-corrected chi connectivity index (χ2v) is 4.94. The molecule has 0 spiro atoms. The zero-order chi connectivity index (χ0) is 9.26. The number of hydrogen-bond donors (Lipinski definition) is 1. The minimum Gasteiger partial charge on any atom is -0.314 e. The van der Waals surface area contributed by atoms with Crippen molar-refractivity contribution in [1.82, 2.24) is 10.2 Å². The molecule has 2 rings (SSSR count). The summed E-state index contributed by atoms with van der Waals surface area (Å²) >= 11 is 0. The predicted octanol–water partition coefficient (Wildman–Crippen LogP) is 1.47. The van der Waals surface area contributed by atoms with E-state index in [1.807, 2.05) is 0 Å². The van der Waals surface area contributed by atoms with Gasteiger partial charge >= 0.3 is 0 Å². The van der Waals surface area contributed by atoms with E-state index in [1.165, 1.54) is 38.9 Å². The van der Waals surface area contributed by atoms with Gasteiger partial charge in [-0.05, 0) is 38.3 Å². The van der Waals surface area contributed by atoms with E-state index >= 15 is 0 Å². The highest BCUT2D eigenvalue weighted by molar-refractivity contribution is 4.89. The summed E-state index contributed by atoms with van der Waals surface area (Å²) in [5.41, 5.74) is 0. The summed E-state index contributed by atoms with van der Waals surface area (Å²) in [4.78, 5) is 2.69. The van der Waals surface area contributed by atoms with Crippen LogP contribution in [0, 0.1) is 5.92 Å². The van der Waals surface area contributed by atoms with E-state index < -0.39 is 0 Å². The van der Waals surface area contributed by atoms with Gasteiger partial charge in [0.05, 0.1) is 0 Å². The van der Waals surface area contributed by atoms with Gasteiger partial charge in [0.2, 0.25) is 0 Å². The lowest BCUT2D eigenvalue weighted by molar-refractivity contribution is 0.310. The van der Waals surface area contributed by atoms with Crippen molar-refractivity contribution in [2.24, 2.45) is 5.92 Å². The van der Waals surface area contributed by atoms with E-state index in [0.717, 1.165) is 12.0 Å². The monoisotopic (exact) mass is 182 g/mol. The fraction of sp³-hybridized carbons (Fsp3) is 1.00. The topological polar surface area (TPSA) is 15.3 Å². The van der Waals surface area contributed by atoms with Gasteiger partial charge in [0.25, 0.3) is 0 Å². The van der Waals surface area contributed by atoms with Gasteiger partial charge in [-0.1, -0.05) is 13.8 Å². The molecule has 1 heterocycles. The van der Waals surface area contributed by atoms with Gasteiger partial charge in [-0.3, -0.25) is 0 Å². The number of likely N-dealkylation sites (tertiary alicyclic amines) is 1. The molecular weight excluding hydrogens is 160 g/mol. The predicted molar refractivity (Wildman–Crippen MR) is 55.8 cm³/mol. The largest absolute Gasteiger partial charge is 0.314 e. The van der Waals surface area contributed by atoms with E-state index in [1.54, 1.807) is 0 Å². The van der Waals surface area contributed by atoms with Gasteiger partial charge in [0, 0.05) is 18.6 Å². The molecule has 1 N–H and O–H groups in total. The molecule has 0 aromatic rings. The highest BCUT2D eigenvalue weighted by Gasteiger charge is 2.33. The van der Waals surface area contributed by atoms with Gasteiger partial charge in [-0.2, -0.15) is 0 Å². The van der Waals surface area contributed by atoms with Crippen molar-refractivity contribution in [3.8, 4) is 0 Å². The summed E-state index contributed by atoms with van der Waals surface area (Å²) in [6.45, 7) is 8.39. The quantitative estimate of drug-likeness (QED) is 0.708. The molecule has 13 heavy (non-hydrogen) atoms. The molecule has 0 amide bonds. The number of hydrogen-bond acceptors (Lipinski definition) is 2. The average molecular weight is 182 g/mol. The van der Waals surface area contributed by atoms with Crippen LogP contribution in [0.1, 0.15) is 33.1 Å². The van der Waals surface area contributed by atoms with Crippen molar-refractivity contribution in [3.63, 3.8) is 0 Å². The molecule has 1 saturated heterocycles. The van der Waals surface area contributed by atoms with Crippen LogP contribution in [-0.4, -0.2) is 36.6 Å². The number of nitrogens with one attached hydrogen (secondary N) is 1. The lowest BCUT2D eigenvalue weighted by Crippen LogP contribution is -2.31. The first-order valence-electron chi connectivity index (χ1n) is 5.73. The van der Waals surface area contributed by atoms with Gasteiger partial charge in [-0.15, -0.1) is 0 Å². The van der Waals surface area contributed by atoms with Crippen molar-refractivity contribution >= 4 is 0 Å².